The number of rotatable bonds is 4. The number of carbonyl (C=O) groups is 2. The maximum absolute atomic E-state index is 12.4. The number of benzene rings is 1. The first kappa shape index (κ1) is 14.5. The monoisotopic (exact) mass is 279 g/mol. The summed E-state index contributed by atoms with van der Waals surface area (Å²) in [6.07, 6.45) is -0.949. The first-order valence-corrected chi connectivity index (χ1v) is 6.33. The van der Waals surface area contributed by atoms with Crippen molar-refractivity contribution in [2.45, 2.75) is 12.7 Å². The van der Waals surface area contributed by atoms with E-state index in [-0.39, 0.29) is 19.1 Å². The highest BCUT2D eigenvalue weighted by Crippen LogP contribution is 2.13. The van der Waals surface area contributed by atoms with Gasteiger partial charge in [0.2, 0.25) is 0 Å². The van der Waals surface area contributed by atoms with E-state index in [1.165, 1.54) is 4.90 Å². The topological polar surface area (TPSA) is 76.1 Å². The molecule has 1 aromatic carbocycles. The van der Waals surface area contributed by atoms with Crippen molar-refractivity contribution in [2.75, 3.05) is 26.8 Å². The second-order valence-corrected chi connectivity index (χ2v) is 4.58. The molecule has 0 radical (unpaired) electrons. The maximum Gasteiger partial charge on any atom is 0.334 e. The van der Waals surface area contributed by atoms with Crippen LogP contribution < -0.4 is 0 Å². The first-order chi connectivity index (χ1) is 9.61. The van der Waals surface area contributed by atoms with Crippen LogP contribution in [0.2, 0.25) is 0 Å². The minimum absolute atomic E-state index is 0.0721. The van der Waals surface area contributed by atoms with Gasteiger partial charge in [-0.25, -0.2) is 4.79 Å². The van der Waals surface area contributed by atoms with Gasteiger partial charge in [0.25, 0.3) is 5.91 Å². The molecule has 0 aliphatic carbocycles. The molecule has 1 aliphatic rings. The van der Waals surface area contributed by atoms with Crippen LogP contribution in [-0.2, 0) is 20.9 Å². The van der Waals surface area contributed by atoms with Crippen molar-refractivity contribution in [2.24, 2.45) is 0 Å². The molecule has 6 nitrogen and oxygen atoms in total. The van der Waals surface area contributed by atoms with Crippen LogP contribution in [0.25, 0.3) is 0 Å². The molecule has 1 atom stereocenters. The second-order valence-electron chi connectivity index (χ2n) is 4.58. The van der Waals surface area contributed by atoms with E-state index in [2.05, 4.69) is 0 Å². The van der Waals surface area contributed by atoms with E-state index in [0.717, 1.165) is 5.56 Å². The van der Waals surface area contributed by atoms with E-state index in [1.54, 1.807) is 25.3 Å². The largest absolute Gasteiger partial charge is 0.479 e. The number of amides is 1. The Labute approximate surface area is 116 Å². The molecular formula is C14H17NO5. The Kier molecular flexibility index (Phi) is 4.70. The van der Waals surface area contributed by atoms with E-state index in [9.17, 15) is 9.59 Å². The van der Waals surface area contributed by atoms with Crippen molar-refractivity contribution in [3.8, 4) is 0 Å². The summed E-state index contributed by atoms with van der Waals surface area (Å²) in [5, 5.41) is 8.94. The van der Waals surface area contributed by atoms with Crippen molar-refractivity contribution in [1.29, 1.82) is 0 Å². The van der Waals surface area contributed by atoms with Crippen LogP contribution in [0.15, 0.2) is 24.3 Å². The molecule has 1 saturated heterocycles. The van der Waals surface area contributed by atoms with Gasteiger partial charge in [0.05, 0.1) is 19.8 Å². The lowest BCUT2D eigenvalue weighted by molar-refractivity contribution is -0.154. The summed E-state index contributed by atoms with van der Waals surface area (Å²) in [7, 11) is 1.59. The summed E-state index contributed by atoms with van der Waals surface area (Å²) in [6, 6.07) is 7.14. The average Bonchev–Trinajstić information content (AvgIpc) is 2.47. The summed E-state index contributed by atoms with van der Waals surface area (Å²) < 4.78 is 10.1. The third-order valence-electron chi connectivity index (χ3n) is 3.11. The minimum atomic E-state index is -1.05. The maximum atomic E-state index is 12.4. The van der Waals surface area contributed by atoms with Crippen LogP contribution in [0.5, 0.6) is 0 Å². The number of ether oxygens (including phenoxy) is 2. The number of carbonyl (C=O) groups excluding carboxylic acids is 1. The molecule has 1 heterocycles. The van der Waals surface area contributed by atoms with Crippen molar-refractivity contribution >= 4 is 11.9 Å². The molecule has 0 aromatic heterocycles. The molecular weight excluding hydrogens is 262 g/mol. The summed E-state index contributed by atoms with van der Waals surface area (Å²) in [5.41, 5.74) is 1.44. The Hall–Kier alpha value is -1.92. The zero-order valence-electron chi connectivity index (χ0n) is 11.2. The highest BCUT2D eigenvalue weighted by Gasteiger charge is 2.29. The first-order valence-electron chi connectivity index (χ1n) is 6.33. The Balaban J connectivity index is 2.10. The summed E-state index contributed by atoms with van der Waals surface area (Å²) in [6.45, 7) is 1.14. The minimum Gasteiger partial charge on any atom is -0.479 e. The molecule has 1 aliphatic heterocycles. The Morgan fingerprint density at radius 1 is 1.50 bits per heavy atom. The van der Waals surface area contributed by atoms with Crippen LogP contribution in [0.3, 0.4) is 0 Å². The fraction of sp³-hybridized carbons (Fsp3) is 0.429. The van der Waals surface area contributed by atoms with Gasteiger partial charge >= 0.3 is 5.97 Å². The lowest BCUT2D eigenvalue weighted by atomic mass is 10.1. The van der Waals surface area contributed by atoms with Crippen molar-refractivity contribution < 1.29 is 24.2 Å². The molecule has 0 bridgehead atoms. The Morgan fingerprint density at radius 2 is 2.30 bits per heavy atom. The molecule has 0 unspecified atom stereocenters. The summed E-state index contributed by atoms with van der Waals surface area (Å²) in [5.74, 6) is -1.23. The second kappa shape index (κ2) is 6.49. The third-order valence-corrected chi connectivity index (χ3v) is 3.11. The molecule has 1 fully saturated rings. The average molecular weight is 279 g/mol. The van der Waals surface area contributed by atoms with E-state index in [4.69, 9.17) is 14.6 Å². The normalized spacial score (nSPS) is 18.9. The lowest BCUT2D eigenvalue weighted by Crippen LogP contribution is -2.48. The van der Waals surface area contributed by atoms with Crippen LogP contribution >= 0.6 is 0 Å². The number of aliphatic carboxylic acids is 1. The standard InChI is InChI=1S/C14H17NO5/c1-19-9-10-3-2-4-11(7-10)13(16)15-5-6-20-12(8-15)14(17)18/h2-4,7,12H,5-6,8-9H2,1H3,(H,17,18)/t12-/m0/s1. The van der Waals surface area contributed by atoms with Gasteiger partial charge in [-0.2, -0.15) is 0 Å². The van der Waals surface area contributed by atoms with Gasteiger partial charge in [-0.05, 0) is 17.7 Å². The van der Waals surface area contributed by atoms with E-state index >= 15 is 0 Å². The number of hydrogen-bond donors (Lipinski definition) is 1. The van der Waals surface area contributed by atoms with E-state index in [0.29, 0.717) is 18.7 Å². The van der Waals surface area contributed by atoms with Crippen molar-refractivity contribution in [3.63, 3.8) is 0 Å². The molecule has 1 amide bonds. The van der Waals surface area contributed by atoms with Crippen LogP contribution in [0.4, 0.5) is 0 Å². The molecule has 20 heavy (non-hydrogen) atoms. The number of morpholine rings is 1. The molecule has 1 N–H and O–H groups in total. The van der Waals surface area contributed by atoms with Crippen LogP contribution in [0.1, 0.15) is 15.9 Å². The third kappa shape index (κ3) is 3.34. The van der Waals surface area contributed by atoms with Gasteiger partial charge in [0.15, 0.2) is 6.10 Å². The summed E-state index contributed by atoms with van der Waals surface area (Å²) in [4.78, 5) is 24.8. The zero-order valence-corrected chi connectivity index (χ0v) is 11.2. The fourth-order valence-corrected chi connectivity index (χ4v) is 2.13. The number of carboxylic acids is 1. The van der Waals surface area contributed by atoms with Gasteiger partial charge in [-0.15, -0.1) is 0 Å². The van der Waals surface area contributed by atoms with Crippen LogP contribution in [-0.4, -0.2) is 54.8 Å². The highest BCUT2D eigenvalue weighted by molar-refractivity contribution is 5.94. The van der Waals surface area contributed by atoms with Gasteiger partial charge in [0.1, 0.15) is 0 Å². The van der Waals surface area contributed by atoms with Crippen molar-refractivity contribution in [3.05, 3.63) is 35.4 Å². The number of nitrogens with zero attached hydrogens (tertiary/aromatic N) is 1. The van der Waals surface area contributed by atoms with Gasteiger partial charge in [-0.3, -0.25) is 4.79 Å². The summed E-state index contributed by atoms with van der Waals surface area (Å²) >= 11 is 0. The zero-order chi connectivity index (χ0) is 14.5. The Bertz CT molecular complexity index is 502. The number of carboxylic acid groups (broad SMARTS) is 1. The molecule has 0 saturated carbocycles. The quantitative estimate of drug-likeness (QED) is 0.880. The van der Waals surface area contributed by atoms with Gasteiger partial charge in [-0.1, -0.05) is 12.1 Å². The van der Waals surface area contributed by atoms with Crippen molar-refractivity contribution in [1.82, 2.24) is 4.90 Å². The predicted octanol–water partition coefficient (Wildman–Crippen LogP) is 0.759. The van der Waals surface area contributed by atoms with E-state index in [1.807, 2.05) is 6.07 Å². The lowest BCUT2D eigenvalue weighted by Gasteiger charge is -2.31. The molecule has 0 spiro atoms. The molecule has 1 aromatic rings. The molecule has 108 valence electrons. The van der Waals surface area contributed by atoms with E-state index < -0.39 is 12.1 Å². The Morgan fingerprint density at radius 3 is 3.00 bits per heavy atom. The van der Waals surface area contributed by atoms with Crippen LogP contribution in [0, 0.1) is 0 Å². The molecule has 6 heteroatoms. The predicted molar refractivity (Wildman–Crippen MR) is 70.4 cm³/mol. The SMILES string of the molecule is COCc1cccc(C(=O)N2CCO[C@H](C(=O)O)C2)c1. The number of hydrogen-bond acceptors (Lipinski definition) is 4. The highest BCUT2D eigenvalue weighted by atomic mass is 16.5. The van der Waals surface area contributed by atoms with Gasteiger partial charge < -0.3 is 19.5 Å². The molecule has 2 rings (SSSR count). The van der Waals surface area contributed by atoms with Gasteiger partial charge in [0, 0.05) is 19.2 Å². The smallest absolute Gasteiger partial charge is 0.334 e. The fourth-order valence-electron chi connectivity index (χ4n) is 2.13. The number of methoxy groups -OCH3 is 1.